The summed E-state index contributed by atoms with van der Waals surface area (Å²) in [6.45, 7) is 1.87. The van der Waals surface area contributed by atoms with Crippen LogP contribution in [0, 0.1) is 6.92 Å². The van der Waals surface area contributed by atoms with Gasteiger partial charge >= 0.3 is 5.97 Å². The number of nitrogens with zero attached hydrogens (tertiary/aromatic N) is 4. The minimum absolute atomic E-state index is 0.369. The van der Waals surface area contributed by atoms with E-state index >= 15 is 0 Å². The normalized spacial score (nSPS) is 11.2. The van der Waals surface area contributed by atoms with Gasteiger partial charge in [0.2, 0.25) is 0 Å². The molecule has 3 aromatic heterocycles. The van der Waals surface area contributed by atoms with Gasteiger partial charge in [-0.05, 0) is 24.6 Å². The maximum Gasteiger partial charge on any atom is 0.348 e. The van der Waals surface area contributed by atoms with Crippen LogP contribution in [0.1, 0.15) is 15.2 Å². The zero-order valence-corrected chi connectivity index (χ0v) is 14.6. The number of esters is 1. The third-order valence-corrected chi connectivity index (χ3v) is 5.15. The number of hydrogen-bond donors (Lipinski definition) is 0. The van der Waals surface area contributed by atoms with Gasteiger partial charge in [-0.15, -0.1) is 16.4 Å². The van der Waals surface area contributed by atoms with E-state index in [1.807, 2.05) is 31.2 Å². The minimum Gasteiger partial charge on any atom is -0.497 e. The second-order valence-electron chi connectivity index (χ2n) is 5.41. The summed E-state index contributed by atoms with van der Waals surface area (Å²) in [7, 11) is 2.99. The Balaban J connectivity index is 1.94. The van der Waals surface area contributed by atoms with Gasteiger partial charge in [-0.3, -0.25) is 0 Å². The average Bonchev–Trinajstić information content (AvgIpc) is 3.22. The number of aromatic nitrogens is 4. The topological polar surface area (TPSA) is 78.6 Å². The van der Waals surface area contributed by atoms with Crippen LogP contribution in [-0.4, -0.2) is 39.8 Å². The molecule has 0 fully saturated rings. The highest BCUT2D eigenvalue weighted by Crippen LogP contribution is 2.33. The molecule has 126 valence electrons. The molecule has 0 atom stereocenters. The second-order valence-corrected chi connectivity index (χ2v) is 6.41. The molecule has 7 nitrogen and oxygen atoms in total. The summed E-state index contributed by atoms with van der Waals surface area (Å²) in [5, 5.41) is 5.31. The highest BCUT2D eigenvalue weighted by atomic mass is 32.1. The monoisotopic (exact) mass is 354 g/mol. The predicted octanol–water partition coefficient (Wildman–Crippen LogP) is 3.11. The number of ether oxygens (including phenoxy) is 2. The van der Waals surface area contributed by atoms with E-state index in [1.54, 1.807) is 18.0 Å². The van der Waals surface area contributed by atoms with Crippen molar-refractivity contribution in [1.29, 1.82) is 0 Å². The van der Waals surface area contributed by atoms with Crippen LogP contribution in [0.4, 0.5) is 0 Å². The zero-order chi connectivity index (χ0) is 17.6. The molecule has 3 heterocycles. The quantitative estimate of drug-likeness (QED) is 0.526. The molecular formula is C17H14N4O3S. The lowest BCUT2D eigenvalue weighted by atomic mass is 10.2. The number of methoxy groups -OCH3 is 2. The number of carbonyl (C=O) groups is 1. The lowest BCUT2D eigenvalue weighted by molar-refractivity contribution is 0.0605. The van der Waals surface area contributed by atoms with Crippen LogP contribution in [-0.2, 0) is 4.74 Å². The molecule has 0 bridgehead atoms. The first kappa shape index (κ1) is 15.5. The summed E-state index contributed by atoms with van der Waals surface area (Å²) in [6.07, 6.45) is 1.60. The standard InChI is InChI=1S/C17H14N4O3S/c1-9-12-15-19-14(10-5-4-6-11(7-10)23-2)20-21(15)8-18-16(12)25-13(9)17(22)24-3/h4-8H,1-3H3. The van der Waals surface area contributed by atoms with Gasteiger partial charge in [0.1, 0.15) is 21.8 Å². The number of fused-ring (bicyclic) bond motifs is 3. The van der Waals surface area contributed by atoms with Crippen molar-refractivity contribution in [3.05, 3.63) is 41.0 Å². The highest BCUT2D eigenvalue weighted by Gasteiger charge is 2.20. The van der Waals surface area contributed by atoms with Crippen LogP contribution in [0.2, 0.25) is 0 Å². The van der Waals surface area contributed by atoms with E-state index in [0.717, 1.165) is 27.1 Å². The third-order valence-electron chi connectivity index (χ3n) is 3.97. The molecule has 8 heteroatoms. The first-order chi connectivity index (χ1) is 12.1. The predicted molar refractivity (Wildman–Crippen MR) is 94.2 cm³/mol. The molecule has 4 rings (SSSR count). The van der Waals surface area contributed by atoms with Gasteiger partial charge in [0.25, 0.3) is 0 Å². The fraction of sp³-hybridized carbons (Fsp3) is 0.176. The van der Waals surface area contributed by atoms with Crippen molar-refractivity contribution in [2.45, 2.75) is 6.92 Å². The lowest BCUT2D eigenvalue weighted by Crippen LogP contribution is -1.99. The van der Waals surface area contributed by atoms with Crippen LogP contribution < -0.4 is 4.74 Å². The number of rotatable bonds is 3. The Morgan fingerprint density at radius 2 is 2.12 bits per heavy atom. The summed E-state index contributed by atoms with van der Waals surface area (Å²) in [4.78, 5) is 22.3. The first-order valence-corrected chi connectivity index (χ1v) is 8.31. The number of hydrogen-bond acceptors (Lipinski definition) is 7. The molecular weight excluding hydrogens is 340 g/mol. The Kier molecular flexibility index (Phi) is 3.61. The molecule has 4 aromatic rings. The molecule has 25 heavy (non-hydrogen) atoms. The van der Waals surface area contributed by atoms with E-state index in [9.17, 15) is 4.79 Å². The molecule has 0 saturated carbocycles. The van der Waals surface area contributed by atoms with E-state index in [2.05, 4.69) is 15.1 Å². The fourth-order valence-corrected chi connectivity index (χ4v) is 3.77. The van der Waals surface area contributed by atoms with Gasteiger partial charge < -0.3 is 9.47 Å². The molecule has 0 aliphatic rings. The van der Waals surface area contributed by atoms with Crippen LogP contribution in [0.25, 0.3) is 27.3 Å². The van der Waals surface area contributed by atoms with Gasteiger partial charge in [-0.1, -0.05) is 12.1 Å². The van der Waals surface area contributed by atoms with Crippen molar-refractivity contribution in [3.63, 3.8) is 0 Å². The maximum absolute atomic E-state index is 11.9. The SMILES string of the molecule is COC(=O)c1sc2ncn3nc(-c4cccc(OC)c4)nc3c2c1C. The summed E-state index contributed by atoms with van der Waals surface area (Å²) >= 11 is 1.30. The van der Waals surface area contributed by atoms with Gasteiger partial charge in [0, 0.05) is 5.56 Å². The molecule has 0 saturated heterocycles. The Morgan fingerprint density at radius 1 is 1.28 bits per heavy atom. The molecule has 0 radical (unpaired) electrons. The van der Waals surface area contributed by atoms with Gasteiger partial charge in [-0.25, -0.2) is 19.3 Å². The van der Waals surface area contributed by atoms with E-state index in [-0.39, 0.29) is 5.97 Å². The number of aryl methyl sites for hydroxylation is 1. The van der Waals surface area contributed by atoms with Crippen LogP contribution >= 0.6 is 11.3 Å². The molecule has 0 aliphatic heterocycles. The summed E-state index contributed by atoms with van der Waals surface area (Å²) in [6, 6.07) is 7.55. The Bertz CT molecular complexity index is 1120. The van der Waals surface area contributed by atoms with Crippen molar-refractivity contribution >= 4 is 33.2 Å². The third kappa shape index (κ3) is 2.42. The van der Waals surface area contributed by atoms with Gasteiger partial charge in [-0.2, -0.15) is 0 Å². The first-order valence-electron chi connectivity index (χ1n) is 7.49. The average molecular weight is 354 g/mol. The highest BCUT2D eigenvalue weighted by molar-refractivity contribution is 7.20. The maximum atomic E-state index is 11.9. The van der Waals surface area contributed by atoms with Gasteiger partial charge in [0.05, 0.1) is 19.6 Å². The second kappa shape index (κ2) is 5.82. The molecule has 0 aliphatic carbocycles. The molecule has 0 N–H and O–H groups in total. The molecule has 1 aromatic carbocycles. The van der Waals surface area contributed by atoms with E-state index in [4.69, 9.17) is 9.47 Å². The molecule has 0 spiro atoms. The van der Waals surface area contributed by atoms with Crippen molar-refractivity contribution in [2.75, 3.05) is 14.2 Å². The fourth-order valence-electron chi connectivity index (χ4n) is 2.71. The molecule has 0 unspecified atom stereocenters. The van der Waals surface area contributed by atoms with Crippen LogP contribution in [0.3, 0.4) is 0 Å². The number of benzene rings is 1. The Hall–Kier alpha value is -3.00. The molecule has 0 amide bonds. The number of thiophene rings is 1. The summed E-state index contributed by atoms with van der Waals surface area (Å²) in [5.41, 5.74) is 2.30. The van der Waals surface area contributed by atoms with Crippen molar-refractivity contribution < 1.29 is 14.3 Å². The van der Waals surface area contributed by atoms with Crippen LogP contribution in [0.5, 0.6) is 5.75 Å². The Labute approximate surface area is 146 Å². The minimum atomic E-state index is -0.369. The van der Waals surface area contributed by atoms with Gasteiger partial charge in [0.15, 0.2) is 11.5 Å². The summed E-state index contributed by atoms with van der Waals surface area (Å²) in [5.74, 6) is 0.934. The van der Waals surface area contributed by atoms with Crippen molar-refractivity contribution in [3.8, 4) is 17.1 Å². The van der Waals surface area contributed by atoms with Crippen molar-refractivity contribution in [2.24, 2.45) is 0 Å². The Morgan fingerprint density at radius 3 is 2.88 bits per heavy atom. The van der Waals surface area contributed by atoms with E-state index in [1.165, 1.54) is 18.4 Å². The van der Waals surface area contributed by atoms with E-state index < -0.39 is 0 Å². The van der Waals surface area contributed by atoms with Crippen molar-refractivity contribution in [1.82, 2.24) is 19.6 Å². The van der Waals surface area contributed by atoms with Crippen LogP contribution in [0.15, 0.2) is 30.6 Å². The number of carbonyl (C=O) groups excluding carboxylic acids is 1. The lowest BCUT2D eigenvalue weighted by Gasteiger charge is -2.00. The largest absolute Gasteiger partial charge is 0.497 e. The van der Waals surface area contributed by atoms with E-state index in [0.29, 0.717) is 16.3 Å². The smallest absolute Gasteiger partial charge is 0.348 e. The summed E-state index contributed by atoms with van der Waals surface area (Å²) < 4.78 is 11.7. The zero-order valence-electron chi connectivity index (χ0n) is 13.8.